The lowest BCUT2D eigenvalue weighted by Gasteiger charge is -2.31. The van der Waals surface area contributed by atoms with Gasteiger partial charge in [-0.15, -0.1) is 0 Å². The van der Waals surface area contributed by atoms with Crippen molar-refractivity contribution < 1.29 is 4.79 Å². The molecule has 0 spiro atoms. The highest BCUT2D eigenvalue weighted by molar-refractivity contribution is 5.89. The fourth-order valence-corrected chi connectivity index (χ4v) is 3.33. The monoisotopic (exact) mass is 274 g/mol. The van der Waals surface area contributed by atoms with Crippen LogP contribution in [0.3, 0.4) is 0 Å². The van der Waals surface area contributed by atoms with E-state index in [0.717, 1.165) is 24.1 Å². The number of anilines is 1. The van der Waals surface area contributed by atoms with Gasteiger partial charge < -0.3 is 10.6 Å². The molecule has 1 aromatic carbocycles. The third-order valence-corrected chi connectivity index (χ3v) is 4.14. The number of amides is 2. The molecule has 1 fully saturated rings. The number of rotatable bonds is 3. The van der Waals surface area contributed by atoms with Crippen LogP contribution < -0.4 is 10.6 Å². The number of benzene rings is 1. The lowest BCUT2D eigenvalue weighted by Crippen LogP contribution is -2.35. The van der Waals surface area contributed by atoms with E-state index in [1.165, 1.54) is 24.8 Å². The summed E-state index contributed by atoms with van der Waals surface area (Å²) in [7, 11) is 0. The number of hydrogen-bond donors (Lipinski definition) is 2. The molecule has 0 saturated heterocycles. The molecule has 0 bridgehead atoms. The highest BCUT2D eigenvalue weighted by Gasteiger charge is 2.23. The van der Waals surface area contributed by atoms with E-state index in [9.17, 15) is 4.79 Å². The second kappa shape index (κ2) is 6.78. The zero-order valence-corrected chi connectivity index (χ0v) is 12.8. The summed E-state index contributed by atoms with van der Waals surface area (Å²) < 4.78 is 0. The van der Waals surface area contributed by atoms with Crippen LogP contribution in [0.4, 0.5) is 10.5 Å². The second-order valence-corrected chi connectivity index (χ2v) is 6.48. The molecule has 0 radical (unpaired) electrons. The molecule has 110 valence electrons. The highest BCUT2D eigenvalue weighted by atomic mass is 16.2. The van der Waals surface area contributed by atoms with Crippen LogP contribution in [0.5, 0.6) is 0 Å². The first-order valence-electron chi connectivity index (χ1n) is 7.64. The summed E-state index contributed by atoms with van der Waals surface area (Å²) in [6, 6.07) is 7.76. The summed E-state index contributed by atoms with van der Waals surface area (Å²) in [5.41, 5.74) is 2.04. The number of carbonyl (C=O) groups excluding carboxylic acids is 1. The van der Waals surface area contributed by atoms with Crippen molar-refractivity contribution in [1.82, 2.24) is 5.32 Å². The summed E-state index contributed by atoms with van der Waals surface area (Å²) >= 11 is 0. The van der Waals surface area contributed by atoms with Gasteiger partial charge in [0, 0.05) is 12.2 Å². The Kier molecular flexibility index (Phi) is 5.05. The minimum absolute atomic E-state index is 0.0975. The van der Waals surface area contributed by atoms with Crippen LogP contribution in [-0.2, 0) is 0 Å². The average Bonchev–Trinajstić information content (AvgIpc) is 2.38. The van der Waals surface area contributed by atoms with Gasteiger partial charge >= 0.3 is 6.03 Å². The van der Waals surface area contributed by atoms with Gasteiger partial charge in [-0.3, -0.25) is 0 Å². The molecule has 0 aliphatic heterocycles. The third kappa shape index (κ3) is 4.55. The van der Waals surface area contributed by atoms with Crippen LogP contribution in [0.1, 0.15) is 38.7 Å². The Bertz CT molecular complexity index is 431. The van der Waals surface area contributed by atoms with Crippen LogP contribution >= 0.6 is 0 Å². The molecule has 1 saturated carbocycles. The van der Waals surface area contributed by atoms with Crippen LogP contribution in [0.25, 0.3) is 0 Å². The molecule has 1 aliphatic carbocycles. The molecule has 20 heavy (non-hydrogen) atoms. The summed E-state index contributed by atoms with van der Waals surface area (Å²) in [5.74, 6) is 2.19. The lowest BCUT2D eigenvalue weighted by molar-refractivity contribution is 0.211. The minimum Gasteiger partial charge on any atom is -0.338 e. The molecule has 2 N–H and O–H groups in total. The number of nitrogens with one attached hydrogen (secondary N) is 2. The van der Waals surface area contributed by atoms with Gasteiger partial charge in [0.15, 0.2) is 0 Å². The fraction of sp³-hybridized carbons (Fsp3) is 0.588. The van der Waals surface area contributed by atoms with Gasteiger partial charge in [-0.05, 0) is 56.1 Å². The van der Waals surface area contributed by atoms with Crippen molar-refractivity contribution in [2.45, 2.75) is 40.0 Å². The number of carbonyl (C=O) groups is 1. The van der Waals surface area contributed by atoms with Crippen molar-refractivity contribution in [2.75, 3.05) is 11.9 Å². The third-order valence-electron chi connectivity index (χ3n) is 4.14. The summed E-state index contributed by atoms with van der Waals surface area (Å²) in [4.78, 5) is 11.9. The molecule has 1 aliphatic rings. The molecule has 1 aromatic rings. The van der Waals surface area contributed by atoms with Gasteiger partial charge in [-0.2, -0.15) is 0 Å². The van der Waals surface area contributed by atoms with Crippen LogP contribution in [0.2, 0.25) is 0 Å². The zero-order chi connectivity index (χ0) is 14.5. The van der Waals surface area contributed by atoms with Crippen LogP contribution in [-0.4, -0.2) is 12.6 Å². The van der Waals surface area contributed by atoms with Crippen molar-refractivity contribution in [3.05, 3.63) is 29.8 Å². The normalized spacial score (nSPS) is 26.1. The van der Waals surface area contributed by atoms with Crippen molar-refractivity contribution in [3.8, 4) is 0 Å². The SMILES string of the molecule is Cc1ccc(NC(=O)NCC2CC(C)CC(C)C2)cc1. The Morgan fingerprint density at radius 2 is 1.70 bits per heavy atom. The molecule has 0 aromatic heterocycles. The number of aryl methyl sites for hydroxylation is 1. The maximum atomic E-state index is 11.9. The van der Waals surface area contributed by atoms with Gasteiger partial charge in [-0.1, -0.05) is 31.5 Å². The Morgan fingerprint density at radius 3 is 2.30 bits per heavy atom. The van der Waals surface area contributed by atoms with Crippen molar-refractivity contribution in [1.29, 1.82) is 0 Å². The van der Waals surface area contributed by atoms with E-state index in [4.69, 9.17) is 0 Å². The second-order valence-electron chi connectivity index (χ2n) is 6.48. The topological polar surface area (TPSA) is 41.1 Å². The smallest absolute Gasteiger partial charge is 0.319 e. The van der Waals surface area contributed by atoms with Crippen LogP contribution in [0, 0.1) is 24.7 Å². The standard InChI is InChI=1S/C17H26N2O/c1-12-4-6-16(7-5-12)19-17(20)18-11-15-9-13(2)8-14(3)10-15/h4-7,13-15H,8-11H2,1-3H3,(H2,18,19,20). The molecule has 2 amide bonds. The van der Waals surface area contributed by atoms with E-state index >= 15 is 0 Å². The lowest BCUT2D eigenvalue weighted by atomic mass is 9.77. The summed E-state index contributed by atoms with van der Waals surface area (Å²) in [6.07, 6.45) is 3.79. The van der Waals surface area contributed by atoms with E-state index in [1.54, 1.807) is 0 Å². The first kappa shape index (κ1) is 14.9. The molecule has 2 unspecified atom stereocenters. The predicted octanol–water partition coefficient (Wildman–Crippen LogP) is 4.19. The fourth-order valence-electron chi connectivity index (χ4n) is 3.33. The predicted molar refractivity (Wildman–Crippen MR) is 83.9 cm³/mol. The van der Waals surface area contributed by atoms with Gasteiger partial charge in [0.2, 0.25) is 0 Å². The molecule has 2 atom stereocenters. The molecule has 3 nitrogen and oxygen atoms in total. The zero-order valence-electron chi connectivity index (χ0n) is 12.8. The van der Waals surface area contributed by atoms with Gasteiger partial charge in [0.1, 0.15) is 0 Å². The summed E-state index contributed by atoms with van der Waals surface area (Å²) in [6.45, 7) is 7.45. The van der Waals surface area contributed by atoms with E-state index in [-0.39, 0.29) is 6.03 Å². The molecular formula is C17H26N2O. The van der Waals surface area contributed by atoms with E-state index < -0.39 is 0 Å². The number of urea groups is 1. The maximum Gasteiger partial charge on any atom is 0.319 e. The molecule has 2 rings (SSSR count). The van der Waals surface area contributed by atoms with Gasteiger partial charge in [-0.25, -0.2) is 4.79 Å². The first-order valence-corrected chi connectivity index (χ1v) is 7.64. The van der Waals surface area contributed by atoms with Gasteiger partial charge in [0.05, 0.1) is 0 Å². The van der Waals surface area contributed by atoms with E-state index in [2.05, 4.69) is 24.5 Å². The Hall–Kier alpha value is -1.51. The molecular weight excluding hydrogens is 248 g/mol. The largest absolute Gasteiger partial charge is 0.338 e. The molecule has 0 heterocycles. The van der Waals surface area contributed by atoms with Crippen LogP contribution in [0.15, 0.2) is 24.3 Å². The quantitative estimate of drug-likeness (QED) is 0.852. The van der Waals surface area contributed by atoms with E-state index in [0.29, 0.717) is 5.92 Å². The van der Waals surface area contributed by atoms with Crippen molar-refractivity contribution in [3.63, 3.8) is 0 Å². The average molecular weight is 274 g/mol. The highest BCUT2D eigenvalue weighted by Crippen LogP contribution is 2.32. The molecule has 3 heteroatoms. The number of hydrogen-bond acceptors (Lipinski definition) is 1. The summed E-state index contributed by atoms with van der Waals surface area (Å²) in [5, 5.41) is 5.89. The maximum absolute atomic E-state index is 11.9. The van der Waals surface area contributed by atoms with Crippen molar-refractivity contribution in [2.24, 2.45) is 17.8 Å². The Labute approximate surface area is 122 Å². The Morgan fingerprint density at radius 1 is 1.10 bits per heavy atom. The minimum atomic E-state index is -0.0975. The van der Waals surface area contributed by atoms with Gasteiger partial charge in [0.25, 0.3) is 0 Å². The van der Waals surface area contributed by atoms with E-state index in [1.807, 2.05) is 31.2 Å². The Balaban J connectivity index is 1.76. The first-order chi connectivity index (χ1) is 9.52. The van der Waals surface area contributed by atoms with Crippen molar-refractivity contribution >= 4 is 11.7 Å².